The molecule has 0 aromatic heterocycles. The summed E-state index contributed by atoms with van der Waals surface area (Å²) in [5.74, 6) is 1.05. The van der Waals surface area contributed by atoms with Crippen LogP contribution in [0.3, 0.4) is 0 Å². The average molecular weight is 325 g/mol. The van der Waals surface area contributed by atoms with Crippen molar-refractivity contribution in [2.75, 3.05) is 24.9 Å². The lowest BCUT2D eigenvalue weighted by atomic mass is 10.2. The standard InChI is InChI=1S/C18H19N3O3/c1-12(18(22)21-14-6-4-5-13(7-14)11-19)20-15-8-16(23-2)10-17(9-15)24-3/h4-10,12,20H,1-3H3,(H,21,22)/t12-/m1/s1. The van der Waals surface area contributed by atoms with E-state index < -0.39 is 6.04 Å². The summed E-state index contributed by atoms with van der Waals surface area (Å²) in [7, 11) is 3.13. The first kappa shape index (κ1) is 17.2. The number of hydrogen-bond acceptors (Lipinski definition) is 5. The molecule has 6 heteroatoms. The number of hydrogen-bond donors (Lipinski definition) is 2. The Kier molecular flexibility index (Phi) is 5.63. The fraction of sp³-hybridized carbons (Fsp3) is 0.222. The Morgan fingerprint density at radius 1 is 1.08 bits per heavy atom. The van der Waals surface area contributed by atoms with E-state index in [1.807, 2.05) is 6.07 Å². The van der Waals surface area contributed by atoms with Gasteiger partial charge in [-0.2, -0.15) is 5.26 Å². The van der Waals surface area contributed by atoms with Crippen LogP contribution in [0.5, 0.6) is 11.5 Å². The highest BCUT2D eigenvalue weighted by Crippen LogP contribution is 2.26. The minimum absolute atomic E-state index is 0.216. The number of nitrogens with one attached hydrogen (secondary N) is 2. The molecule has 0 unspecified atom stereocenters. The maximum atomic E-state index is 12.3. The van der Waals surface area contributed by atoms with Gasteiger partial charge in [-0.25, -0.2) is 0 Å². The molecule has 2 aromatic rings. The third-order valence-electron chi connectivity index (χ3n) is 3.39. The van der Waals surface area contributed by atoms with Crippen molar-refractivity contribution in [1.82, 2.24) is 0 Å². The van der Waals surface area contributed by atoms with Crippen molar-refractivity contribution in [2.24, 2.45) is 0 Å². The van der Waals surface area contributed by atoms with Crippen LogP contribution in [0.15, 0.2) is 42.5 Å². The van der Waals surface area contributed by atoms with Crippen LogP contribution in [0.4, 0.5) is 11.4 Å². The lowest BCUT2D eigenvalue weighted by Crippen LogP contribution is -2.31. The van der Waals surface area contributed by atoms with E-state index in [9.17, 15) is 4.79 Å². The molecule has 0 bridgehead atoms. The van der Waals surface area contributed by atoms with Crippen molar-refractivity contribution in [1.29, 1.82) is 5.26 Å². The summed E-state index contributed by atoms with van der Waals surface area (Å²) in [5, 5.41) is 14.8. The number of anilines is 2. The van der Waals surface area contributed by atoms with Gasteiger partial charge in [0.05, 0.1) is 25.9 Å². The highest BCUT2D eigenvalue weighted by atomic mass is 16.5. The zero-order valence-corrected chi connectivity index (χ0v) is 13.8. The number of rotatable bonds is 6. The Bertz CT molecular complexity index is 746. The van der Waals surface area contributed by atoms with E-state index in [0.29, 0.717) is 28.4 Å². The predicted molar refractivity (Wildman–Crippen MR) is 92.4 cm³/mol. The molecule has 0 fully saturated rings. The third-order valence-corrected chi connectivity index (χ3v) is 3.39. The van der Waals surface area contributed by atoms with Gasteiger partial charge in [0.15, 0.2) is 0 Å². The fourth-order valence-corrected chi connectivity index (χ4v) is 2.12. The van der Waals surface area contributed by atoms with Crippen molar-refractivity contribution in [3.63, 3.8) is 0 Å². The number of benzene rings is 2. The largest absolute Gasteiger partial charge is 0.497 e. The van der Waals surface area contributed by atoms with Crippen molar-refractivity contribution in [3.05, 3.63) is 48.0 Å². The van der Waals surface area contributed by atoms with Crippen molar-refractivity contribution >= 4 is 17.3 Å². The normalized spacial score (nSPS) is 11.1. The zero-order chi connectivity index (χ0) is 17.5. The molecule has 0 radical (unpaired) electrons. The maximum absolute atomic E-state index is 12.3. The average Bonchev–Trinajstić information content (AvgIpc) is 2.61. The number of ether oxygens (including phenoxy) is 2. The van der Waals surface area contributed by atoms with Gasteiger partial charge in [-0.15, -0.1) is 0 Å². The van der Waals surface area contributed by atoms with Gasteiger partial charge < -0.3 is 20.1 Å². The molecule has 1 atom stereocenters. The van der Waals surface area contributed by atoms with Crippen LogP contribution in [-0.2, 0) is 4.79 Å². The van der Waals surface area contributed by atoms with Gasteiger partial charge in [0, 0.05) is 29.6 Å². The van der Waals surface area contributed by atoms with E-state index in [1.54, 1.807) is 63.6 Å². The molecular weight excluding hydrogens is 306 g/mol. The van der Waals surface area contributed by atoms with Crippen LogP contribution in [-0.4, -0.2) is 26.2 Å². The molecule has 0 saturated carbocycles. The number of nitrogens with zero attached hydrogens (tertiary/aromatic N) is 1. The molecule has 1 amide bonds. The molecule has 6 nitrogen and oxygen atoms in total. The van der Waals surface area contributed by atoms with Crippen molar-refractivity contribution in [3.8, 4) is 17.6 Å². The van der Waals surface area contributed by atoms with Crippen LogP contribution in [0, 0.1) is 11.3 Å². The fourth-order valence-electron chi connectivity index (χ4n) is 2.12. The van der Waals surface area contributed by atoms with E-state index in [2.05, 4.69) is 10.6 Å². The number of methoxy groups -OCH3 is 2. The van der Waals surface area contributed by atoms with Gasteiger partial charge >= 0.3 is 0 Å². The minimum Gasteiger partial charge on any atom is -0.497 e. The third kappa shape index (κ3) is 4.40. The summed E-state index contributed by atoms with van der Waals surface area (Å²) < 4.78 is 10.4. The molecular formula is C18H19N3O3. The number of nitriles is 1. The first-order valence-electron chi connectivity index (χ1n) is 7.36. The molecule has 124 valence electrons. The van der Waals surface area contributed by atoms with Crippen LogP contribution < -0.4 is 20.1 Å². The Labute approximate surface area is 141 Å². The smallest absolute Gasteiger partial charge is 0.246 e. The predicted octanol–water partition coefficient (Wildman–Crippen LogP) is 3.01. The first-order chi connectivity index (χ1) is 11.5. The molecule has 0 heterocycles. The monoisotopic (exact) mass is 325 g/mol. The molecule has 2 rings (SSSR count). The molecule has 2 N–H and O–H groups in total. The van der Waals surface area contributed by atoms with E-state index in [4.69, 9.17) is 14.7 Å². The van der Waals surface area contributed by atoms with Gasteiger partial charge in [-0.05, 0) is 25.1 Å². The summed E-state index contributed by atoms with van der Waals surface area (Å²) >= 11 is 0. The second kappa shape index (κ2) is 7.88. The van der Waals surface area contributed by atoms with Gasteiger partial charge in [-0.1, -0.05) is 6.07 Å². The molecule has 24 heavy (non-hydrogen) atoms. The summed E-state index contributed by atoms with van der Waals surface area (Å²) in [6.07, 6.45) is 0. The maximum Gasteiger partial charge on any atom is 0.246 e. The summed E-state index contributed by atoms with van der Waals surface area (Å²) in [6.45, 7) is 1.75. The SMILES string of the molecule is COc1cc(N[C@H](C)C(=O)Nc2cccc(C#N)c2)cc(OC)c1. The van der Waals surface area contributed by atoms with E-state index >= 15 is 0 Å². The second-order valence-electron chi connectivity index (χ2n) is 5.15. The molecule has 0 saturated heterocycles. The van der Waals surface area contributed by atoms with Crippen molar-refractivity contribution < 1.29 is 14.3 Å². The summed E-state index contributed by atoms with van der Waals surface area (Å²) in [4.78, 5) is 12.3. The summed E-state index contributed by atoms with van der Waals surface area (Å²) in [6, 6.07) is 13.6. The quantitative estimate of drug-likeness (QED) is 0.853. The van der Waals surface area contributed by atoms with E-state index in [1.165, 1.54) is 0 Å². The molecule has 0 aliphatic heterocycles. The van der Waals surface area contributed by atoms with E-state index in [-0.39, 0.29) is 5.91 Å². The van der Waals surface area contributed by atoms with Crippen molar-refractivity contribution in [2.45, 2.75) is 13.0 Å². The lowest BCUT2D eigenvalue weighted by Gasteiger charge is -2.17. The van der Waals surface area contributed by atoms with Gasteiger partial charge in [0.1, 0.15) is 17.5 Å². The van der Waals surface area contributed by atoms with Crippen LogP contribution in [0.2, 0.25) is 0 Å². The Hall–Kier alpha value is -3.20. The highest BCUT2D eigenvalue weighted by molar-refractivity contribution is 5.96. The summed E-state index contributed by atoms with van der Waals surface area (Å²) in [5.41, 5.74) is 1.78. The van der Waals surface area contributed by atoms with Gasteiger partial charge in [0.25, 0.3) is 0 Å². The van der Waals surface area contributed by atoms with Crippen LogP contribution in [0.1, 0.15) is 12.5 Å². The zero-order valence-electron chi connectivity index (χ0n) is 13.8. The number of carbonyl (C=O) groups is 1. The molecule has 0 aliphatic rings. The minimum atomic E-state index is -0.493. The molecule has 0 aliphatic carbocycles. The van der Waals surface area contributed by atoms with Gasteiger partial charge in [0.2, 0.25) is 5.91 Å². The molecule has 0 spiro atoms. The number of carbonyl (C=O) groups excluding carboxylic acids is 1. The van der Waals surface area contributed by atoms with E-state index in [0.717, 1.165) is 0 Å². The van der Waals surface area contributed by atoms with Gasteiger partial charge in [-0.3, -0.25) is 4.79 Å². The van der Waals surface area contributed by atoms with Crippen LogP contribution in [0.25, 0.3) is 0 Å². The lowest BCUT2D eigenvalue weighted by molar-refractivity contribution is -0.116. The number of amides is 1. The molecule has 2 aromatic carbocycles. The Balaban J connectivity index is 2.07. The van der Waals surface area contributed by atoms with Crippen LogP contribution >= 0.6 is 0 Å². The second-order valence-corrected chi connectivity index (χ2v) is 5.15. The topological polar surface area (TPSA) is 83.4 Å². The highest BCUT2D eigenvalue weighted by Gasteiger charge is 2.14. The Morgan fingerprint density at radius 2 is 1.75 bits per heavy atom. The Morgan fingerprint density at radius 3 is 2.33 bits per heavy atom. The first-order valence-corrected chi connectivity index (χ1v) is 7.36.